The first-order valence-corrected chi connectivity index (χ1v) is 6.22. The van der Waals surface area contributed by atoms with E-state index in [1.165, 1.54) is 13.3 Å². The summed E-state index contributed by atoms with van der Waals surface area (Å²) in [5.41, 5.74) is -0.557. The molecule has 0 aliphatic heterocycles. The number of Topliss-reactive ketones (excluding diaryl/α,β-unsaturated/α-hetero) is 1. The van der Waals surface area contributed by atoms with Gasteiger partial charge in [-0.2, -0.15) is 0 Å². The molecule has 0 aromatic rings. The lowest BCUT2D eigenvalue weighted by molar-refractivity contribution is -0.261. The van der Waals surface area contributed by atoms with Gasteiger partial charge < -0.3 is 9.84 Å². The molecule has 1 rings (SSSR count). The van der Waals surface area contributed by atoms with Gasteiger partial charge >= 0.3 is 0 Å². The van der Waals surface area contributed by atoms with Gasteiger partial charge in [-0.15, -0.1) is 0 Å². The zero-order chi connectivity index (χ0) is 13.1. The molecule has 1 saturated carbocycles. The Labute approximate surface area is 103 Å². The quantitative estimate of drug-likeness (QED) is 0.554. The summed E-state index contributed by atoms with van der Waals surface area (Å²) >= 11 is 0. The zero-order valence-corrected chi connectivity index (χ0v) is 11.2. The van der Waals surface area contributed by atoms with Crippen LogP contribution in [-0.4, -0.2) is 23.5 Å². The van der Waals surface area contributed by atoms with E-state index >= 15 is 0 Å². The monoisotopic (exact) mass is 240 g/mol. The molecule has 1 atom stereocenters. The Balaban J connectivity index is 2.57. The molecular formula is C13H22NO3-. The third-order valence-corrected chi connectivity index (χ3v) is 2.91. The molecule has 98 valence electrons. The van der Waals surface area contributed by atoms with Crippen LogP contribution < -0.4 is 5.11 Å². The fourth-order valence-corrected chi connectivity index (χ4v) is 1.77. The van der Waals surface area contributed by atoms with E-state index < -0.39 is 17.7 Å². The van der Waals surface area contributed by atoms with Gasteiger partial charge in [0.05, 0.1) is 0 Å². The maximum Gasteiger partial charge on any atom is 0.154 e. The fourth-order valence-electron chi connectivity index (χ4n) is 1.77. The van der Waals surface area contributed by atoms with Gasteiger partial charge in [0.2, 0.25) is 0 Å². The summed E-state index contributed by atoms with van der Waals surface area (Å²) in [6.07, 6.45) is 3.58. The summed E-state index contributed by atoms with van der Waals surface area (Å²) in [4.78, 5) is 15.3. The second-order valence-electron chi connectivity index (χ2n) is 5.77. The van der Waals surface area contributed by atoms with Gasteiger partial charge in [-0.25, -0.2) is 0 Å². The van der Waals surface area contributed by atoms with Crippen molar-refractivity contribution in [1.29, 1.82) is 0 Å². The smallest absolute Gasteiger partial charge is 0.154 e. The lowest BCUT2D eigenvalue weighted by Gasteiger charge is -2.31. The standard InChI is InChI=1S/C13H23NO3/c1-9(15)11(8-10-6-5-7-10)14-12(16)17-13(2,3)4/h10-11H,5-8H2,1-4H3,(H,14,16)/p-1. The highest BCUT2D eigenvalue weighted by Crippen LogP contribution is 2.31. The molecule has 1 aliphatic rings. The van der Waals surface area contributed by atoms with E-state index in [2.05, 4.69) is 4.99 Å². The average molecular weight is 240 g/mol. The number of hydrogen-bond acceptors (Lipinski definition) is 4. The molecular weight excluding hydrogens is 218 g/mol. The van der Waals surface area contributed by atoms with Gasteiger partial charge in [0, 0.05) is 5.60 Å². The Bertz CT molecular complexity index is 300. The number of carbonyl (C=O) groups excluding carboxylic acids is 1. The number of nitrogens with zero attached hydrogens (tertiary/aromatic N) is 1. The van der Waals surface area contributed by atoms with Crippen LogP contribution >= 0.6 is 0 Å². The summed E-state index contributed by atoms with van der Waals surface area (Å²) in [6, 6.07) is -0.518. The van der Waals surface area contributed by atoms with Gasteiger partial charge in [0.15, 0.2) is 5.78 Å². The van der Waals surface area contributed by atoms with Crippen molar-refractivity contribution in [2.45, 2.75) is 65.0 Å². The minimum absolute atomic E-state index is 0.0530. The number of hydrogen-bond donors (Lipinski definition) is 0. The molecule has 1 unspecified atom stereocenters. The second-order valence-corrected chi connectivity index (χ2v) is 5.77. The van der Waals surface area contributed by atoms with Crippen LogP contribution in [0.15, 0.2) is 4.99 Å². The lowest BCUT2D eigenvalue weighted by Crippen LogP contribution is -2.34. The first-order chi connectivity index (χ1) is 7.78. The SMILES string of the molecule is CC(=O)C(CC1CCC1)N=C([O-])OC(C)(C)C. The van der Waals surface area contributed by atoms with Crippen molar-refractivity contribution >= 4 is 11.9 Å². The maximum absolute atomic E-state index is 11.5. The van der Waals surface area contributed by atoms with E-state index in [1.807, 2.05) is 0 Å². The fraction of sp³-hybridized carbons (Fsp3) is 0.846. The van der Waals surface area contributed by atoms with E-state index in [4.69, 9.17) is 4.74 Å². The van der Waals surface area contributed by atoms with Crippen molar-refractivity contribution in [2.24, 2.45) is 10.9 Å². The minimum atomic E-state index is -0.628. The topological polar surface area (TPSA) is 61.7 Å². The van der Waals surface area contributed by atoms with Crippen LogP contribution in [0.2, 0.25) is 0 Å². The Morgan fingerprint density at radius 2 is 2.06 bits per heavy atom. The molecule has 0 bridgehead atoms. The highest BCUT2D eigenvalue weighted by Gasteiger charge is 2.24. The third kappa shape index (κ3) is 5.20. The predicted molar refractivity (Wildman–Crippen MR) is 64.7 cm³/mol. The number of carbonyl (C=O) groups is 1. The molecule has 0 radical (unpaired) electrons. The van der Waals surface area contributed by atoms with Gasteiger partial charge in [-0.1, -0.05) is 40.0 Å². The number of aliphatic imine (C=N–C) groups is 1. The van der Waals surface area contributed by atoms with Crippen LogP contribution in [0.4, 0.5) is 0 Å². The van der Waals surface area contributed by atoms with E-state index in [-0.39, 0.29) is 5.78 Å². The molecule has 0 aromatic heterocycles. The van der Waals surface area contributed by atoms with Crippen molar-refractivity contribution in [3.8, 4) is 0 Å². The molecule has 0 N–H and O–H groups in total. The molecule has 0 saturated heterocycles. The first-order valence-electron chi connectivity index (χ1n) is 6.22. The van der Waals surface area contributed by atoms with Gasteiger partial charge in [-0.05, 0) is 19.3 Å². The van der Waals surface area contributed by atoms with Crippen LogP contribution in [0, 0.1) is 5.92 Å². The largest absolute Gasteiger partial charge is 0.595 e. The van der Waals surface area contributed by atoms with Crippen molar-refractivity contribution in [3.05, 3.63) is 0 Å². The molecule has 0 amide bonds. The van der Waals surface area contributed by atoms with E-state index in [9.17, 15) is 9.90 Å². The third-order valence-electron chi connectivity index (χ3n) is 2.91. The molecule has 17 heavy (non-hydrogen) atoms. The highest BCUT2D eigenvalue weighted by atomic mass is 16.6. The Morgan fingerprint density at radius 1 is 1.47 bits per heavy atom. The Hall–Kier alpha value is -1.06. The number of ether oxygens (including phenoxy) is 1. The molecule has 0 aromatic carbocycles. The molecule has 4 heteroatoms. The zero-order valence-electron chi connectivity index (χ0n) is 11.2. The number of rotatable bonds is 4. The van der Waals surface area contributed by atoms with E-state index in [0.29, 0.717) is 12.3 Å². The summed E-state index contributed by atoms with van der Waals surface area (Å²) in [5.74, 6) is 0.498. The van der Waals surface area contributed by atoms with Crippen LogP contribution in [0.25, 0.3) is 0 Å². The van der Waals surface area contributed by atoms with Crippen molar-refractivity contribution in [3.63, 3.8) is 0 Å². The number of ketones is 1. The summed E-state index contributed by atoms with van der Waals surface area (Å²) < 4.78 is 5.09. The Morgan fingerprint density at radius 3 is 2.41 bits per heavy atom. The van der Waals surface area contributed by atoms with Crippen LogP contribution in [0.1, 0.15) is 53.4 Å². The predicted octanol–water partition coefficient (Wildman–Crippen LogP) is 1.67. The Kier molecular flexibility index (Phi) is 4.54. The minimum Gasteiger partial charge on any atom is -0.595 e. The first kappa shape index (κ1) is 14.0. The van der Waals surface area contributed by atoms with Crippen molar-refractivity contribution < 1.29 is 14.6 Å². The van der Waals surface area contributed by atoms with Crippen LogP contribution in [-0.2, 0) is 9.53 Å². The lowest BCUT2D eigenvalue weighted by atomic mass is 9.80. The van der Waals surface area contributed by atoms with Crippen molar-refractivity contribution in [1.82, 2.24) is 0 Å². The van der Waals surface area contributed by atoms with Gasteiger partial charge in [0.25, 0.3) is 0 Å². The average Bonchev–Trinajstić information content (AvgIpc) is 2.05. The van der Waals surface area contributed by atoms with E-state index in [1.54, 1.807) is 20.8 Å². The highest BCUT2D eigenvalue weighted by molar-refractivity contribution is 5.83. The van der Waals surface area contributed by atoms with Crippen LogP contribution in [0.5, 0.6) is 0 Å². The normalized spacial score (nSPS) is 19.6. The summed E-state index contributed by atoms with van der Waals surface area (Å²) in [5, 5.41) is 11.5. The summed E-state index contributed by atoms with van der Waals surface area (Å²) in [7, 11) is 0. The summed E-state index contributed by atoms with van der Waals surface area (Å²) in [6.45, 7) is 6.84. The van der Waals surface area contributed by atoms with Crippen molar-refractivity contribution in [2.75, 3.05) is 0 Å². The molecule has 4 nitrogen and oxygen atoms in total. The molecule has 1 fully saturated rings. The van der Waals surface area contributed by atoms with E-state index in [0.717, 1.165) is 12.8 Å². The second kappa shape index (κ2) is 5.52. The maximum atomic E-state index is 11.5. The molecule has 1 aliphatic carbocycles. The molecule has 0 heterocycles. The van der Waals surface area contributed by atoms with Crippen LogP contribution in [0.3, 0.4) is 0 Å². The van der Waals surface area contributed by atoms with Gasteiger partial charge in [0.1, 0.15) is 12.1 Å². The molecule has 0 spiro atoms. The van der Waals surface area contributed by atoms with Gasteiger partial charge in [-0.3, -0.25) is 9.79 Å².